The Balaban J connectivity index is 1.83. The number of anilines is 1. The molecule has 0 saturated carbocycles. The molecule has 124 valence electrons. The predicted octanol–water partition coefficient (Wildman–Crippen LogP) is 4.50. The Kier molecular flexibility index (Phi) is 6.41. The fraction of sp³-hybridized carbons (Fsp3) is 0.111. The minimum atomic E-state index is -0.608. The molecule has 0 atom stereocenters. The van der Waals surface area contributed by atoms with Gasteiger partial charge in [0.25, 0.3) is 5.91 Å². The average molecular weight is 364 g/mol. The van der Waals surface area contributed by atoms with Gasteiger partial charge in [-0.3, -0.25) is 4.79 Å². The highest BCUT2D eigenvalue weighted by atomic mass is 35.5. The lowest BCUT2D eigenvalue weighted by molar-refractivity contribution is -0.142. The molecule has 2 aromatic rings. The second kappa shape index (κ2) is 8.52. The molecule has 0 spiro atoms. The third kappa shape index (κ3) is 5.72. The lowest BCUT2D eigenvalue weighted by Gasteiger charge is -2.08. The van der Waals surface area contributed by atoms with Crippen molar-refractivity contribution in [2.45, 2.75) is 6.92 Å². The summed E-state index contributed by atoms with van der Waals surface area (Å²) in [5.74, 6) is -1.04. The molecule has 0 unspecified atom stereocenters. The summed E-state index contributed by atoms with van der Waals surface area (Å²) in [7, 11) is 0. The molecule has 1 N–H and O–H groups in total. The monoisotopic (exact) mass is 363 g/mol. The van der Waals surface area contributed by atoms with Crippen LogP contribution in [0.1, 0.15) is 11.1 Å². The number of halogens is 2. The molecule has 6 heteroatoms. The van der Waals surface area contributed by atoms with E-state index in [1.54, 1.807) is 48.5 Å². The first-order valence-corrected chi connectivity index (χ1v) is 7.86. The maximum atomic E-state index is 11.8. The molecular formula is C18H15Cl2NO3. The quantitative estimate of drug-likeness (QED) is 0.628. The van der Waals surface area contributed by atoms with Crippen molar-refractivity contribution in [1.29, 1.82) is 0 Å². The van der Waals surface area contributed by atoms with E-state index in [0.29, 0.717) is 15.7 Å². The summed E-state index contributed by atoms with van der Waals surface area (Å²) in [5.41, 5.74) is 2.25. The molecule has 0 heterocycles. The first-order valence-electron chi connectivity index (χ1n) is 7.10. The molecule has 0 radical (unpaired) electrons. The molecule has 24 heavy (non-hydrogen) atoms. The van der Waals surface area contributed by atoms with Gasteiger partial charge in [-0.15, -0.1) is 0 Å². The number of aryl methyl sites for hydroxylation is 1. The van der Waals surface area contributed by atoms with Crippen LogP contribution in [0.15, 0.2) is 48.5 Å². The van der Waals surface area contributed by atoms with E-state index in [1.807, 2.05) is 6.92 Å². The van der Waals surface area contributed by atoms with Crippen LogP contribution < -0.4 is 5.32 Å². The molecule has 0 bridgehead atoms. The van der Waals surface area contributed by atoms with Crippen LogP contribution in [0.25, 0.3) is 6.08 Å². The van der Waals surface area contributed by atoms with Crippen LogP contribution in [0.4, 0.5) is 5.69 Å². The van der Waals surface area contributed by atoms with Gasteiger partial charge < -0.3 is 10.1 Å². The smallest absolute Gasteiger partial charge is 0.331 e. The fourth-order valence-electron chi connectivity index (χ4n) is 1.84. The number of carbonyl (C=O) groups is 2. The molecule has 0 saturated heterocycles. The van der Waals surface area contributed by atoms with Crippen molar-refractivity contribution in [3.05, 3.63) is 69.7 Å². The number of benzene rings is 2. The third-order valence-electron chi connectivity index (χ3n) is 3.10. The van der Waals surface area contributed by atoms with Crippen LogP contribution in [-0.4, -0.2) is 18.5 Å². The van der Waals surface area contributed by atoms with Gasteiger partial charge in [0.1, 0.15) is 0 Å². The maximum absolute atomic E-state index is 11.8. The van der Waals surface area contributed by atoms with Crippen molar-refractivity contribution in [3.63, 3.8) is 0 Å². The van der Waals surface area contributed by atoms with Crippen molar-refractivity contribution in [2.75, 3.05) is 11.9 Å². The van der Waals surface area contributed by atoms with E-state index in [2.05, 4.69) is 5.32 Å². The lowest BCUT2D eigenvalue weighted by atomic mass is 10.2. The zero-order valence-corrected chi connectivity index (χ0v) is 14.4. The molecule has 2 rings (SSSR count). The number of nitrogens with one attached hydrogen (secondary N) is 1. The normalized spacial score (nSPS) is 10.6. The Labute approximate surface area is 150 Å². The summed E-state index contributed by atoms with van der Waals surface area (Å²) in [6, 6.07) is 12.1. The largest absolute Gasteiger partial charge is 0.452 e. The Morgan fingerprint density at radius 2 is 1.75 bits per heavy atom. The minimum absolute atomic E-state index is 0.379. The molecule has 0 aliphatic heterocycles. The van der Waals surface area contributed by atoms with Gasteiger partial charge in [-0.1, -0.05) is 41.4 Å². The van der Waals surface area contributed by atoms with Crippen molar-refractivity contribution in [2.24, 2.45) is 0 Å². The SMILES string of the molecule is Cc1ccc(Cl)cc1NC(=O)COC(=O)/C=C/c1ccc(Cl)cc1. The standard InChI is InChI=1S/C18H15Cl2NO3/c1-12-2-6-15(20)10-16(12)21-17(22)11-24-18(23)9-5-13-3-7-14(19)8-4-13/h2-10H,11H2,1H3,(H,21,22)/b9-5+. The van der Waals surface area contributed by atoms with Crippen LogP contribution in [0, 0.1) is 6.92 Å². The number of amides is 1. The summed E-state index contributed by atoms with van der Waals surface area (Å²) in [6.45, 7) is 1.46. The number of rotatable bonds is 5. The molecule has 0 fully saturated rings. The zero-order valence-electron chi connectivity index (χ0n) is 12.9. The Morgan fingerprint density at radius 1 is 1.08 bits per heavy atom. The minimum Gasteiger partial charge on any atom is -0.452 e. The van der Waals surface area contributed by atoms with Gasteiger partial charge in [0.15, 0.2) is 6.61 Å². The summed E-state index contributed by atoms with van der Waals surface area (Å²) >= 11 is 11.7. The van der Waals surface area contributed by atoms with E-state index in [0.717, 1.165) is 11.1 Å². The van der Waals surface area contributed by atoms with E-state index in [9.17, 15) is 9.59 Å². The van der Waals surface area contributed by atoms with Crippen LogP contribution >= 0.6 is 23.2 Å². The molecule has 0 aliphatic carbocycles. The second-order valence-corrected chi connectivity index (χ2v) is 5.87. The first kappa shape index (κ1) is 18.0. The number of ether oxygens (including phenoxy) is 1. The summed E-state index contributed by atoms with van der Waals surface area (Å²) in [6.07, 6.45) is 2.83. The first-order chi connectivity index (χ1) is 11.4. The van der Waals surface area contributed by atoms with Gasteiger partial charge in [0, 0.05) is 21.8 Å². The highest BCUT2D eigenvalue weighted by Crippen LogP contribution is 2.20. The molecule has 1 amide bonds. The van der Waals surface area contributed by atoms with E-state index in [-0.39, 0.29) is 6.61 Å². The van der Waals surface area contributed by atoms with E-state index in [4.69, 9.17) is 27.9 Å². The topological polar surface area (TPSA) is 55.4 Å². The van der Waals surface area contributed by atoms with Crippen LogP contribution in [0.5, 0.6) is 0 Å². The predicted molar refractivity (Wildman–Crippen MR) is 96.3 cm³/mol. The number of carbonyl (C=O) groups excluding carboxylic acids is 2. The Hall–Kier alpha value is -2.30. The van der Waals surface area contributed by atoms with E-state index >= 15 is 0 Å². The number of esters is 1. The van der Waals surface area contributed by atoms with Gasteiger partial charge in [-0.25, -0.2) is 4.79 Å². The van der Waals surface area contributed by atoms with Gasteiger partial charge in [0.2, 0.25) is 0 Å². The van der Waals surface area contributed by atoms with Crippen molar-refractivity contribution < 1.29 is 14.3 Å². The fourth-order valence-corrected chi connectivity index (χ4v) is 2.14. The lowest BCUT2D eigenvalue weighted by Crippen LogP contribution is -2.20. The van der Waals surface area contributed by atoms with Crippen LogP contribution in [0.3, 0.4) is 0 Å². The highest BCUT2D eigenvalue weighted by Gasteiger charge is 2.08. The molecule has 0 aromatic heterocycles. The van der Waals surface area contributed by atoms with Crippen molar-refractivity contribution in [3.8, 4) is 0 Å². The number of hydrogen-bond acceptors (Lipinski definition) is 3. The van der Waals surface area contributed by atoms with E-state index < -0.39 is 11.9 Å². The Morgan fingerprint density at radius 3 is 2.46 bits per heavy atom. The van der Waals surface area contributed by atoms with Gasteiger partial charge in [-0.2, -0.15) is 0 Å². The van der Waals surface area contributed by atoms with Crippen molar-refractivity contribution >= 4 is 46.8 Å². The van der Waals surface area contributed by atoms with Crippen LogP contribution in [0.2, 0.25) is 10.0 Å². The van der Waals surface area contributed by atoms with Crippen LogP contribution in [-0.2, 0) is 14.3 Å². The molecule has 0 aliphatic rings. The summed E-state index contributed by atoms with van der Waals surface area (Å²) in [4.78, 5) is 23.4. The second-order valence-electron chi connectivity index (χ2n) is 5.00. The van der Waals surface area contributed by atoms with Gasteiger partial charge in [0.05, 0.1) is 0 Å². The van der Waals surface area contributed by atoms with E-state index in [1.165, 1.54) is 6.08 Å². The average Bonchev–Trinajstić information content (AvgIpc) is 2.56. The maximum Gasteiger partial charge on any atom is 0.331 e. The molecular weight excluding hydrogens is 349 g/mol. The Bertz CT molecular complexity index is 770. The highest BCUT2D eigenvalue weighted by molar-refractivity contribution is 6.31. The van der Waals surface area contributed by atoms with Gasteiger partial charge in [-0.05, 0) is 48.4 Å². The van der Waals surface area contributed by atoms with Crippen molar-refractivity contribution in [1.82, 2.24) is 0 Å². The molecule has 2 aromatic carbocycles. The zero-order chi connectivity index (χ0) is 17.5. The molecule has 4 nitrogen and oxygen atoms in total. The third-order valence-corrected chi connectivity index (χ3v) is 3.59. The number of hydrogen-bond donors (Lipinski definition) is 1. The van der Waals surface area contributed by atoms with Gasteiger partial charge >= 0.3 is 5.97 Å². The summed E-state index contributed by atoms with van der Waals surface area (Å²) < 4.78 is 4.89. The summed E-state index contributed by atoms with van der Waals surface area (Å²) in [5, 5.41) is 3.77.